The SMILES string of the molecule is CC(CNC(=O)CC(C)C1CCCNC1)Oc1cccc(Br)c1.Cl. The molecule has 3 atom stereocenters. The Balaban J connectivity index is 0.00000288. The van der Waals surface area contributed by atoms with Crippen LogP contribution in [-0.2, 0) is 4.79 Å². The van der Waals surface area contributed by atoms with Gasteiger partial charge in [0.05, 0.1) is 6.54 Å². The van der Waals surface area contributed by atoms with Crippen molar-refractivity contribution in [3.63, 3.8) is 0 Å². The molecule has 0 aliphatic carbocycles. The highest BCUT2D eigenvalue weighted by molar-refractivity contribution is 9.10. The van der Waals surface area contributed by atoms with E-state index in [1.54, 1.807) is 0 Å². The zero-order valence-electron chi connectivity index (χ0n) is 14.4. The summed E-state index contributed by atoms with van der Waals surface area (Å²) in [5.74, 6) is 1.96. The Bertz CT molecular complexity index is 510. The molecule has 1 aliphatic rings. The highest BCUT2D eigenvalue weighted by Crippen LogP contribution is 2.22. The molecule has 0 spiro atoms. The maximum absolute atomic E-state index is 12.1. The summed E-state index contributed by atoms with van der Waals surface area (Å²) in [5, 5.41) is 6.41. The van der Waals surface area contributed by atoms with Gasteiger partial charge in [0.15, 0.2) is 0 Å². The van der Waals surface area contributed by atoms with Gasteiger partial charge in [-0.3, -0.25) is 4.79 Å². The van der Waals surface area contributed by atoms with E-state index in [2.05, 4.69) is 33.5 Å². The van der Waals surface area contributed by atoms with E-state index in [4.69, 9.17) is 4.74 Å². The smallest absolute Gasteiger partial charge is 0.220 e. The number of ether oxygens (including phenoxy) is 1. The van der Waals surface area contributed by atoms with Crippen LogP contribution in [0.4, 0.5) is 0 Å². The normalized spacial score (nSPS) is 19.7. The van der Waals surface area contributed by atoms with Crippen LogP contribution in [0, 0.1) is 11.8 Å². The van der Waals surface area contributed by atoms with Crippen molar-refractivity contribution < 1.29 is 9.53 Å². The van der Waals surface area contributed by atoms with Gasteiger partial charge in [-0.25, -0.2) is 0 Å². The number of nitrogens with one attached hydrogen (secondary N) is 2. The molecule has 136 valence electrons. The lowest BCUT2D eigenvalue weighted by Crippen LogP contribution is -2.37. The van der Waals surface area contributed by atoms with E-state index in [1.807, 2.05) is 31.2 Å². The zero-order chi connectivity index (χ0) is 16.7. The predicted octanol–water partition coefficient (Wildman–Crippen LogP) is 3.78. The average Bonchev–Trinajstić information content (AvgIpc) is 2.54. The van der Waals surface area contributed by atoms with Gasteiger partial charge in [-0.1, -0.05) is 28.9 Å². The molecule has 0 bridgehead atoms. The molecule has 2 rings (SSSR count). The van der Waals surface area contributed by atoms with Crippen LogP contribution < -0.4 is 15.4 Å². The molecule has 24 heavy (non-hydrogen) atoms. The van der Waals surface area contributed by atoms with Crippen molar-refractivity contribution in [2.75, 3.05) is 19.6 Å². The van der Waals surface area contributed by atoms with Crippen molar-refractivity contribution >= 4 is 34.2 Å². The summed E-state index contributed by atoms with van der Waals surface area (Å²) < 4.78 is 6.80. The monoisotopic (exact) mass is 418 g/mol. The molecule has 4 nitrogen and oxygen atoms in total. The third-order valence-electron chi connectivity index (χ3n) is 4.37. The van der Waals surface area contributed by atoms with E-state index in [1.165, 1.54) is 12.8 Å². The number of benzene rings is 1. The molecule has 1 amide bonds. The first kappa shape index (κ1) is 21.3. The van der Waals surface area contributed by atoms with Gasteiger partial charge in [0.2, 0.25) is 5.91 Å². The van der Waals surface area contributed by atoms with Gasteiger partial charge < -0.3 is 15.4 Å². The molecule has 1 aromatic rings. The van der Waals surface area contributed by atoms with Crippen LogP contribution >= 0.6 is 28.3 Å². The van der Waals surface area contributed by atoms with E-state index in [0.29, 0.717) is 24.8 Å². The summed E-state index contributed by atoms with van der Waals surface area (Å²) >= 11 is 3.42. The van der Waals surface area contributed by atoms with Gasteiger partial charge in [0.25, 0.3) is 0 Å². The summed E-state index contributed by atoms with van der Waals surface area (Å²) in [4.78, 5) is 12.1. The Morgan fingerprint density at radius 3 is 2.92 bits per heavy atom. The Morgan fingerprint density at radius 2 is 2.25 bits per heavy atom. The maximum atomic E-state index is 12.1. The van der Waals surface area contributed by atoms with Crippen LogP contribution in [0.1, 0.15) is 33.1 Å². The largest absolute Gasteiger partial charge is 0.489 e. The first-order valence-corrected chi connectivity index (χ1v) is 9.23. The van der Waals surface area contributed by atoms with Crippen molar-refractivity contribution in [3.8, 4) is 5.75 Å². The second-order valence-corrected chi connectivity index (χ2v) is 7.39. The number of halogens is 2. The lowest BCUT2D eigenvalue weighted by molar-refractivity contribution is -0.122. The van der Waals surface area contributed by atoms with Crippen molar-refractivity contribution in [2.24, 2.45) is 11.8 Å². The summed E-state index contributed by atoms with van der Waals surface area (Å²) in [6.45, 7) is 6.83. The minimum absolute atomic E-state index is 0. The third kappa shape index (κ3) is 7.41. The number of hydrogen-bond acceptors (Lipinski definition) is 3. The molecule has 0 aromatic heterocycles. The molecule has 1 aromatic carbocycles. The van der Waals surface area contributed by atoms with Gasteiger partial charge in [0, 0.05) is 10.9 Å². The first-order chi connectivity index (χ1) is 11.0. The second kappa shape index (κ2) is 11.0. The lowest BCUT2D eigenvalue weighted by atomic mass is 9.85. The minimum Gasteiger partial charge on any atom is -0.489 e. The van der Waals surface area contributed by atoms with Crippen LogP contribution in [0.2, 0.25) is 0 Å². The van der Waals surface area contributed by atoms with E-state index in [9.17, 15) is 4.79 Å². The number of amides is 1. The fraction of sp³-hybridized carbons (Fsp3) is 0.611. The van der Waals surface area contributed by atoms with E-state index in [-0.39, 0.29) is 24.4 Å². The van der Waals surface area contributed by atoms with Gasteiger partial charge in [0.1, 0.15) is 11.9 Å². The summed E-state index contributed by atoms with van der Waals surface area (Å²) in [7, 11) is 0. The maximum Gasteiger partial charge on any atom is 0.220 e. The molecule has 0 radical (unpaired) electrons. The molecule has 1 aliphatic heterocycles. The highest BCUT2D eigenvalue weighted by atomic mass is 79.9. The number of rotatable bonds is 7. The predicted molar refractivity (Wildman–Crippen MR) is 104 cm³/mol. The quantitative estimate of drug-likeness (QED) is 0.707. The van der Waals surface area contributed by atoms with Gasteiger partial charge in [-0.15, -0.1) is 12.4 Å². The molecule has 1 fully saturated rings. The van der Waals surface area contributed by atoms with Crippen LogP contribution in [0.5, 0.6) is 5.75 Å². The second-order valence-electron chi connectivity index (χ2n) is 6.48. The molecule has 0 saturated carbocycles. The van der Waals surface area contributed by atoms with Crippen molar-refractivity contribution in [1.29, 1.82) is 0 Å². The van der Waals surface area contributed by atoms with E-state index in [0.717, 1.165) is 23.3 Å². The average molecular weight is 420 g/mol. The Morgan fingerprint density at radius 1 is 1.46 bits per heavy atom. The Hall–Kier alpha value is -0.780. The zero-order valence-corrected chi connectivity index (χ0v) is 16.8. The topological polar surface area (TPSA) is 50.4 Å². The molecule has 6 heteroatoms. The van der Waals surface area contributed by atoms with Crippen LogP contribution in [0.25, 0.3) is 0 Å². The number of carbonyl (C=O) groups is 1. The molecule has 3 unspecified atom stereocenters. The van der Waals surface area contributed by atoms with E-state index < -0.39 is 0 Å². The first-order valence-electron chi connectivity index (χ1n) is 8.44. The van der Waals surface area contributed by atoms with Crippen LogP contribution in [0.15, 0.2) is 28.7 Å². The molecule has 1 saturated heterocycles. The van der Waals surface area contributed by atoms with Crippen LogP contribution in [-0.4, -0.2) is 31.6 Å². The van der Waals surface area contributed by atoms with Gasteiger partial charge in [-0.2, -0.15) is 0 Å². The Labute approximate surface area is 159 Å². The van der Waals surface area contributed by atoms with Gasteiger partial charge >= 0.3 is 0 Å². The van der Waals surface area contributed by atoms with Crippen molar-refractivity contribution in [1.82, 2.24) is 10.6 Å². The summed E-state index contributed by atoms with van der Waals surface area (Å²) in [6, 6.07) is 7.74. The Kier molecular flexibility index (Phi) is 9.71. The summed E-state index contributed by atoms with van der Waals surface area (Å²) in [5.41, 5.74) is 0. The lowest BCUT2D eigenvalue weighted by Gasteiger charge is -2.28. The number of hydrogen-bond donors (Lipinski definition) is 2. The van der Waals surface area contributed by atoms with Crippen molar-refractivity contribution in [3.05, 3.63) is 28.7 Å². The third-order valence-corrected chi connectivity index (χ3v) is 4.86. The van der Waals surface area contributed by atoms with Crippen LogP contribution in [0.3, 0.4) is 0 Å². The molecular formula is C18H28BrClN2O2. The fourth-order valence-electron chi connectivity index (χ4n) is 2.97. The fourth-order valence-corrected chi connectivity index (χ4v) is 3.35. The van der Waals surface area contributed by atoms with E-state index >= 15 is 0 Å². The highest BCUT2D eigenvalue weighted by Gasteiger charge is 2.22. The standard InChI is InChI=1S/C18H27BrN2O2.ClH/c1-13(15-5-4-8-20-12-15)9-18(22)21-11-14(2)23-17-7-3-6-16(19)10-17;/h3,6-7,10,13-15,20H,4-5,8-9,11-12H2,1-2H3,(H,21,22);1H. The van der Waals surface area contributed by atoms with Crippen molar-refractivity contribution in [2.45, 2.75) is 39.2 Å². The molecular weight excluding hydrogens is 392 g/mol. The number of carbonyl (C=O) groups excluding carboxylic acids is 1. The molecule has 1 heterocycles. The van der Waals surface area contributed by atoms with Gasteiger partial charge in [-0.05, 0) is 62.9 Å². The number of piperidine rings is 1. The molecule has 2 N–H and O–H groups in total. The summed E-state index contributed by atoms with van der Waals surface area (Å²) in [6.07, 6.45) is 2.98. The minimum atomic E-state index is -0.0556.